The first-order valence-electron chi connectivity index (χ1n) is 8.41. The first-order chi connectivity index (χ1) is 12.3. The Morgan fingerprint density at radius 2 is 2.00 bits per heavy atom. The molecule has 1 unspecified atom stereocenters. The molecule has 25 heavy (non-hydrogen) atoms. The number of hydrogen-bond donors (Lipinski definition) is 0. The molecule has 5 heteroatoms. The smallest absolute Gasteiger partial charge is 0.254 e. The number of hydrogen-bond acceptors (Lipinski definition) is 4. The molecular formula is C20H19NO2S2. The highest BCUT2D eigenvalue weighted by Crippen LogP contribution is 2.40. The van der Waals surface area contributed by atoms with Gasteiger partial charge >= 0.3 is 0 Å². The Hall–Kier alpha value is -2.11. The number of thiophene rings is 2. The molecule has 2 aromatic heterocycles. The number of carbonyl (C=O) groups is 1. The Bertz CT molecular complexity index is 852. The van der Waals surface area contributed by atoms with E-state index in [1.165, 1.54) is 15.3 Å². The van der Waals surface area contributed by atoms with Gasteiger partial charge in [-0.15, -0.1) is 22.7 Å². The van der Waals surface area contributed by atoms with E-state index < -0.39 is 0 Å². The summed E-state index contributed by atoms with van der Waals surface area (Å²) >= 11 is 3.51. The minimum absolute atomic E-state index is 0.0223. The van der Waals surface area contributed by atoms with Crippen molar-refractivity contribution in [3.8, 4) is 5.75 Å². The quantitative estimate of drug-likeness (QED) is 0.648. The van der Waals surface area contributed by atoms with Crippen molar-refractivity contribution in [2.75, 3.05) is 13.2 Å². The van der Waals surface area contributed by atoms with E-state index in [1.807, 2.05) is 36.1 Å². The van der Waals surface area contributed by atoms with Gasteiger partial charge in [-0.05, 0) is 66.1 Å². The van der Waals surface area contributed by atoms with Crippen molar-refractivity contribution >= 4 is 28.6 Å². The van der Waals surface area contributed by atoms with E-state index in [2.05, 4.69) is 29.0 Å². The third-order valence-corrected chi connectivity index (χ3v) is 6.37. The van der Waals surface area contributed by atoms with Crippen molar-refractivity contribution < 1.29 is 9.53 Å². The summed E-state index contributed by atoms with van der Waals surface area (Å²) in [5.41, 5.74) is 1.99. The van der Waals surface area contributed by atoms with Crippen LogP contribution in [0, 0.1) is 0 Å². The normalized spacial score (nSPS) is 16.5. The molecule has 3 nitrogen and oxygen atoms in total. The van der Waals surface area contributed by atoms with Crippen LogP contribution in [0.4, 0.5) is 0 Å². The van der Waals surface area contributed by atoms with Gasteiger partial charge in [0.15, 0.2) is 0 Å². The van der Waals surface area contributed by atoms with Gasteiger partial charge in [0.2, 0.25) is 0 Å². The van der Waals surface area contributed by atoms with Crippen LogP contribution in [0.3, 0.4) is 0 Å². The van der Waals surface area contributed by atoms with Crippen molar-refractivity contribution in [1.29, 1.82) is 0 Å². The number of nitrogens with zero attached hydrogens (tertiary/aromatic N) is 1. The van der Waals surface area contributed by atoms with E-state index in [1.54, 1.807) is 22.7 Å². The van der Waals surface area contributed by atoms with Crippen LogP contribution in [0.25, 0.3) is 0 Å². The molecule has 1 aliphatic heterocycles. The maximum atomic E-state index is 13.2. The van der Waals surface area contributed by atoms with Crippen LogP contribution in [0.15, 0.2) is 53.2 Å². The Morgan fingerprint density at radius 3 is 2.72 bits per heavy atom. The first-order valence-corrected chi connectivity index (χ1v) is 10.2. The fourth-order valence-electron chi connectivity index (χ4n) is 3.32. The Morgan fingerprint density at radius 1 is 1.16 bits per heavy atom. The molecule has 3 heterocycles. The molecule has 4 rings (SSSR count). The van der Waals surface area contributed by atoms with Gasteiger partial charge in [-0.1, -0.05) is 6.07 Å². The van der Waals surface area contributed by atoms with E-state index in [0.29, 0.717) is 12.2 Å². The summed E-state index contributed by atoms with van der Waals surface area (Å²) in [5, 5.41) is 4.21. The predicted molar refractivity (Wildman–Crippen MR) is 103 cm³/mol. The molecular weight excluding hydrogens is 350 g/mol. The number of carbonyl (C=O) groups excluding carboxylic acids is 1. The summed E-state index contributed by atoms with van der Waals surface area (Å²) in [6, 6.07) is 13.8. The number of fused-ring (bicyclic) bond motifs is 1. The van der Waals surface area contributed by atoms with Crippen molar-refractivity contribution in [3.63, 3.8) is 0 Å². The second-order valence-corrected chi connectivity index (χ2v) is 7.90. The largest absolute Gasteiger partial charge is 0.494 e. The predicted octanol–water partition coefficient (Wildman–Crippen LogP) is 5.00. The van der Waals surface area contributed by atoms with Crippen LogP contribution in [0.1, 0.15) is 38.6 Å². The number of rotatable bonds is 4. The Balaban J connectivity index is 1.67. The van der Waals surface area contributed by atoms with Crippen LogP contribution >= 0.6 is 22.7 Å². The molecule has 1 aliphatic rings. The monoisotopic (exact) mass is 369 g/mol. The minimum Gasteiger partial charge on any atom is -0.494 e. The number of amides is 1. The molecule has 0 N–H and O–H groups in total. The molecule has 128 valence electrons. The van der Waals surface area contributed by atoms with E-state index in [9.17, 15) is 4.79 Å². The second kappa shape index (κ2) is 7.02. The molecule has 1 amide bonds. The van der Waals surface area contributed by atoms with Gasteiger partial charge in [0.1, 0.15) is 5.75 Å². The third kappa shape index (κ3) is 3.10. The zero-order valence-electron chi connectivity index (χ0n) is 14.0. The maximum Gasteiger partial charge on any atom is 0.254 e. The lowest BCUT2D eigenvalue weighted by Crippen LogP contribution is -2.39. The van der Waals surface area contributed by atoms with Crippen molar-refractivity contribution in [2.45, 2.75) is 19.4 Å². The Labute approximate surface area is 155 Å². The van der Waals surface area contributed by atoms with Crippen molar-refractivity contribution in [2.24, 2.45) is 0 Å². The molecule has 0 aliphatic carbocycles. The standard InChI is InChI=1S/C20H19NO2S2/c1-2-23-15-7-5-14(6-8-15)20(22)21-11-9-17-16(10-13-25-17)19(21)18-4-3-12-24-18/h3-8,10,12-13,19H,2,9,11H2,1H3. The first kappa shape index (κ1) is 16.4. The van der Waals surface area contributed by atoms with Gasteiger partial charge in [-0.2, -0.15) is 0 Å². The van der Waals surface area contributed by atoms with Gasteiger partial charge < -0.3 is 9.64 Å². The van der Waals surface area contributed by atoms with Crippen LogP contribution in [-0.4, -0.2) is 24.0 Å². The molecule has 0 saturated heterocycles. The average molecular weight is 370 g/mol. The van der Waals surface area contributed by atoms with Crippen LogP contribution in [0.5, 0.6) is 5.75 Å². The minimum atomic E-state index is 0.0223. The van der Waals surface area contributed by atoms with E-state index >= 15 is 0 Å². The summed E-state index contributed by atoms with van der Waals surface area (Å²) in [6.07, 6.45) is 0.928. The van der Waals surface area contributed by atoms with Crippen LogP contribution in [0.2, 0.25) is 0 Å². The van der Waals surface area contributed by atoms with E-state index in [-0.39, 0.29) is 11.9 Å². The second-order valence-electron chi connectivity index (χ2n) is 5.92. The zero-order valence-corrected chi connectivity index (χ0v) is 15.6. The van der Waals surface area contributed by atoms with Gasteiger partial charge in [0, 0.05) is 21.9 Å². The molecule has 0 fully saturated rings. The molecule has 1 aromatic carbocycles. The Kier molecular flexibility index (Phi) is 4.59. The average Bonchev–Trinajstić information content (AvgIpc) is 3.33. The molecule has 0 spiro atoms. The fourth-order valence-corrected chi connectivity index (χ4v) is 5.07. The summed E-state index contributed by atoms with van der Waals surface area (Å²) in [5.74, 6) is 0.880. The molecule has 3 aromatic rings. The van der Waals surface area contributed by atoms with Crippen molar-refractivity contribution in [3.05, 3.63) is 74.1 Å². The highest BCUT2D eigenvalue weighted by molar-refractivity contribution is 7.10. The lowest BCUT2D eigenvalue weighted by molar-refractivity contribution is 0.0698. The highest BCUT2D eigenvalue weighted by Gasteiger charge is 2.33. The summed E-state index contributed by atoms with van der Waals surface area (Å²) in [7, 11) is 0. The lowest BCUT2D eigenvalue weighted by atomic mass is 9.97. The van der Waals surface area contributed by atoms with Gasteiger partial charge in [0.05, 0.1) is 12.6 Å². The molecule has 0 radical (unpaired) electrons. The van der Waals surface area contributed by atoms with Gasteiger partial charge in [-0.25, -0.2) is 0 Å². The summed E-state index contributed by atoms with van der Waals surface area (Å²) < 4.78 is 5.48. The van der Waals surface area contributed by atoms with Crippen LogP contribution in [-0.2, 0) is 6.42 Å². The van der Waals surface area contributed by atoms with Gasteiger partial charge in [0.25, 0.3) is 5.91 Å². The van der Waals surface area contributed by atoms with Crippen LogP contribution < -0.4 is 4.74 Å². The summed E-state index contributed by atoms with van der Waals surface area (Å²) in [6.45, 7) is 3.33. The number of benzene rings is 1. The van der Waals surface area contributed by atoms with E-state index in [0.717, 1.165) is 18.7 Å². The highest BCUT2D eigenvalue weighted by atomic mass is 32.1. The van der Waals surface area contributed by atoms with Gasteiger partial charge in [-0.3, -0.25) is 4.79 Å². The lowest BCUT2D eigenvalue weighted by Gasteiger charge is -2.35. The molecule has 0 bridgehead atoms. The molecule has 1 atom stereocenters. The third-order valence-electron chi connectivity index (χ3n) is 4.45. The SMILES string of the molecule is CCOc1ccc(C(=O)N2CCc3sccc3C2c2cccs2)cc1. The topological polar surface area (TPSA) is 29.5 Å². The maximum absolute atomic E-state index is 13.2. The summed E-state index contributed by atoms with van der Waals surface area (Å²) in [4.78, 5) is 17.8. The number of ether oxygens (including phenoxy) is 1. The molecule has 0 saturated carbocycles. The fraction of sp³-hybridized carbons (Fsp3) is 0.250. The van der Waals surface area contributed by atoms with E-state index in [4.69, 9.17) is 4.74 Å². The van der Waals surface area contributed by atoms with Crippen molar-refractivity contribution in [1.82, 2.24) is 4.90 Å². The zero-order chi connectivity index (χ0) is 17.2.